The summed E-state index contributed by atoms with van der Waals surface area (Å²) >= 11 is 0. The second-order valence-electron chi connectivity index (χ2n) is 7.45. The van der Waals surface area contributed by atoms with Crippen LogP contribution in [0.2, 0.25) is 0 Å². The maximum atomic E-state index is 13.1. The molecule has 0 bridgehead atoms. The average molecular weight is 417 g/mol. The van der Waals surface area contributed by atoms with Crippen molar-refractivity contribution in [3.63, 3.8) is 0 Å². The van der Waals surface area contributed by atoms with Crippen molar-refractivity contribution < 1.29 is 4.79 Å². The standard InChI is InChI=1S/C24H28N6O/c1-4-28(5-2)15-16-29-22-14-10-9-13-21(22)26-24(29)27-23(31)20-17-25-30(18(20)3)19-11-7-6-8-12-19/h6-14,17H,4-5,15-16H2,1-3H3,(H,26,27,31). The van der Waals surface area contributed by atoms with Gasteiger partial charge in [-0.2, -0.15) is 5.10 Å². The largest absolute Gasteiger partial charge is 0.309 e. The van der Waals surface area contributed by atoms with Crippen LogP contribution in [0.1, 0.15) is 29.9 Å². The molecule has 0 atom stereocenters. The highest BCUT2D eigenvalue weighted by Gasteiger charge is 2.19. The van der Waals surface area contributed by atoms with Crippen molar-refractivity contribution in [1.82, 2.24) is 24.2 Å². The normalized spacial score (nSPS) is 11.4. The number of fused-ring (bicyclic) bond motifs is 1. The molecule has 0 radical (unpaired) electrons. The molecule has 0 aliphatic heterocycles. The van der Waals surface area contributed by atoms with Crippen molar-refractivity contribution in [2.24, 2.45) is 0 Å². The van der Waals surface area contributed by atoms with Gasteiger partial charge in [0.25, 0.3) is 5.91 Å². The van der Waals surface area contributed by atoms with Crippen LogP contribution in [0.25, 0.3) is 16.7 Å². The predicted octanol–water partition coefficient (Wildman–Crippen LogP) is 4.12. The zero-order chi connectivity index (χ0) is 21.8. The molecule has 4 rings (SSSR count). The Morgan fingerprint density at radius 1 is 1.03 bits per heavy atom. The van der Waals surface area contributed by atoms with Crippen molar-refractivity contribution in [3.8, 4) is 5.69 Å². The molecule has 7 nitrogen and oxygen atoms in total. The zero-order valence-electron chi connectivity index (χ0n) is 18.2. The summed E-state index contributed by atoms with van der Waals surface area (Å²) in [6, 6.07) is 17.8. The topological polar surface area (TPSA) is 68.0 Å². The summed E-state index contributed by atoms with van der Waals surface area (Å²) in [6.45, 7) is 9.83. The van der Waals surface area contributed by atoms with Gasteiger partial charge in [0, 0.05) is 13.1 Å². The quantitative estimate of drug-likeness (QED) is 0.469. The molecule has 2 aromatic carbocycles. The molecule has 7 heteroatoms. The Balaban J connectivity index is 1.62. The van der Waals surface area contributed by atoms with Gasteiger partial charge >= 0.3 is 0 Å². The maximum absolute atomic E-state index is 13.1. The van der Waals surface area contributed by atoms with E-state index in [2.05, 4.69) is 38.7 Å². The minimum absolute atomic E-state index is 0.209. The van der Waals surface area contributed by atoms with Crippen LogP contribution in [0.3, 0.4) is 0 Å². The maximum Gasteiger partial charge on any atom is 0.261 e. The number of rotatable bonds is 8. The van der Waals surface area contributed by atoms with Crippen LogP contribution >= 0.6 is 0 Å². The minimum atomic E-state index is -0.209. The van der Waals surface area contributed by atoms with Gasteiger partial charge in [-0.3, -0.25) is 10.1 Å². The van der Waals surface area contributed by atoms with Gasteiger partial charge in [-0.1, -0.05) is 44.2 Å². The van der Waals surface area contributed by atoms with E-state index in [0.29, 0.717) is 11.5 Å². The number of nitrogens with one attached hydrogen (secondary N) is 1. The molecule has 0 saturated heterocycles. The lowest BCUT2D eigenvalue weighted by Gasteiger charge is -2.19. The Labute approximate surface area is 182 Å². The Kier molecular flexibility index (Phi) is 6.13. The van der Waals surface area contributed by atoms with Crippen molar-refractivity contribution in [1.29, 1.82) is 0 Å². The Morgan fingerprint density at radius 2 is 1.74 bits per heavy atom. The van der Waals surface area contributed by atoms with Crippen LogP contribution in [0, 0.1) is 6.92 Å². The number of hydrogen-bond acceptors (Lipinski definition) is 4. The van der Waals surface area contributed by atoms with Gasteiger partial charge in [0.15, 0.2) is 0 Å². The summed E-state index contributed by atoms with van der Waals surface area (Å²) in [5.41, 5.74) is 4.13. The molecule has 0 saturated carbocycles. The third-order valence-corrected chi connectivity index (χ3v) is 5.67. The fourth-order valence-corrected chi connectivity index (χ4v) is 3.81. The first kappa shape index (κ1) is 20.8. The molecule has 0 unspecified atom stereocenters. The fraction of sp³-hybridized carbons (Fsp3) is 0.292. The molecule has 1 amide bonds. The molecule has 0 spiro atoms. The molecule has 31 heavy (non-hydrogen) atoms. The number of anilines is 1. The highest BCUT2D eigenvalue weighted by atomic mass is 16.1. The molecule has 1 N–H and O–H groups in total. The Hall–Kier alpha value is -3.45. The van der Waals surface area contributed by atoms with E-state index in [9.17, 15) is 4.79 Å². The van der Waals surface area contributed by atoms with Gasteiger partial charge in [0.2, 0.25) is 5.95 Å². The lowest BCUT2D eigenvalue weighted by Crippen LogP contribution is -2.27. The van der Waals surface area contributed by atoms with Gasteiger partial charge in [-0.15, -0.1) is 0 Å². The van der Waals surface area contributed by atoms with E-state index in [-0.39, 0.29) is 5.91 Å². The van der Waals surface area contributed by atoms with Crippen molar-refractivity contribution in [3.05, 3.63) is 72.1 Å². The number of para-hydroxylation sites is 3. The summed E-state index contributed by atoms with van der Waals surface area (Å²) in [4.78, 5) is 20.2. The molecule has 4 aromatic rings. The summed E-state index contributed by atoms with van der Waals surface area (Å²) in [5, 5.41) is 7.44. The van der Waals surface area contributed by atoms with Crippen molar-refractivity contribution >= 4 is 22.9 Å². The van der Waals surface area contributed by atoms with Crippen molar-refractivity contribution in [2.75, 3.05) is 25.0 Å². The molecular weight excluding hydrogens is 388 g/mol. The van der Waals surface area contributed by atoms with Crippen LogP contribution in [0.5, 0.6) is 0 Å². The van der Waals surface area contributed by atoms with Crippen LogP contribution in [-0.4, -0.2) is 49.8 Å². The summed E-state index contributed by atoms with van der Waals surface area (Å²) < 4.78 is 3.86. The smallest absolute Gasteiger partial charge is 0.261 e. The lowest BCUT2D eigenvalue weighted by molar-refractivity contribution is 0.102. The van der Waals surface area contributed by atoms with Crippen LogP contribution in [-0.2, 0) is 6.54 Å². The van der Waals surface area contributed by atoms with E-state index >= 15 is 0 Å². The highest BCUT2D eigenvalue weighted by Crippen LogP contribution is 2.21. The molecule has 0 fully saturated rings. The number of benzene rings is 2. The number of carbonyl (C=O) groups is 1. The van der Waals surface area contributed by atoms with E-state index in [4.69, 9.17) is 0 Å². The zero-order valence-corrected chi connectivity index (χ0v) is 18.2. The van der Waals surface area contributed by atoms with Gasteiger partial charge in [0.1, 0.15) is 0 Å². The first-order valence-electron chi connectivity index (χ1n) is 10.7. The van der Waals surface area contributed by atoms with Crippen LogP contribution in [0.4, 0.5) is 5.95 Å². The second kappa shape index (κ2) is 9.14. The van der Waals surface area contributed by atoms with E-state index in [1.54, 1.807) is 10.9 Å². The monoisotopic (exact) mass is 416 g/mol. The lowest BCUT2D eigenvalue weighted by atomic mass is 10.2. The molecule has 2 aromatic heterocycles. The third kappa shape index (κ3) is 4.22. The average Bonchev–Trinajstić information content (AvgIpc) is 3.35. The summed E-state index contributed by atoms with van der Waals surface area (Å²) in [5.74, 6) is 0.351. The van der Waals surface area contributed by atoms with E-state index in [1.165, 1.54) is 0 Å². The highest BCUT2D eigenvalue weighted by molar-refractivity contribution is 6.04. The number of carbonyl (C=O) groups excluding carboxylic acids is 1. The molecular formula is C24H28N6O. The van der Waals surface area contributed by atoms with E-state index in [1.807, 2.05) is 61.5 Å². The van der Waals surface area contributed by atoms with Crippen molar-refractivity contribution in [2.45, 2.75) is 27.3 Å². The summed E-state index contributed by atoms with van der Waals surface area (Å²) in [7, 11) is 0. The number of imidazole rings is 1. The van der Waals surface area contributed by atoms with Gasteiger partial charge in [0.05, 0.1) is 34.2 Å². The summed E-state index contributed by atoms with van der Waals surface area (Å²) in [6.07, 6.45) is 1.61. The molecule has 2 heterocycles. The van der Waals surface area contributed by atoms with E-state index in [0.717, 1.165) is 48.6 Å². The van der Waals surface area contributed by atoms with Gasteiger partial charge < -0.3 is 9.47 Å². The predicted molar refractivity (Wildman–Crippen MR) is 124 cm³/mol. The number of likely N-dealkylation sites (N-methyl/N-ethyl adjacent to an activating group) is 1. The van der Waals surface area contributed by atoms with Crippen LogP contribution < -0.4 is 5.32 Å². The SMILES string of the molecule is CCN(CC)CCn1c(NC(=O)c2cnn(-c3ccccc3)c2C)nc2ccccc21. The fourth-order valence-electron chi connectivity index (χ4n) is 3.81. The minimum Gasteiger partial charge on any atom is -0.309 e. The first-order valence-corrected chi connectivity index (χ1v) is 10.7. The van der Waals surface area contributed by atoms with Crippen LogP contribution in [0.15, 0.2) is 60.8 Å². The molecule has 160 valence electrons. The second-order valence-corrected chi connectivity index (χ2v) is 7.45. The number of amides is 1. The van der Waals surface area contributed by atoms with Gasteiger partial charge in [-0.25, -0.2) is 9.67 Å². The molecule has 0 aliphatic carbocycles. The molecule has 0 aliphatic rings. The van der Waals surface area contributed by atoms with E-state index < -0.39 is 0 Å². The van der Waals surface area contributed by atoms with Gasteiger partial charge in [-0.05, 0) is 44.3 Å². The Bertz CT molecular complexity index is 1170. The Morgan fingerprint density at radius 3 is 2.48 bits per heavy atom. The number of nitrogens with zero attached hydrogens (tertiary/aromatic N) is 5. The number of aromatic nitrogens is 4. The first-order chi connectivity index (χ1) is 15.1. The number of hydrogen-bond donors (Lipinski definition) is 1. The third-order valence-electron chi connectivity index (χ3n) is 5.67.